The number of benzene rings is 1. The summed E-state index contributed by atoms with van der Waals surface area (Å²) in [4.78, 5) is 12.7. The van der Waals surface area contributed by atoms with Crippen LogP contribution in [-0.2, 0) is 10.2 Å². The summed E-state index contributed by atoms with van der Waals surface area (Å²) in [6.45, 7) is 5.62. The lowest BCUT2D eigenvalue weighted by atomic mass is 10.2. The van der Waals surface area contributed by atoms with Crippen molar-refractivity contribution in [2.45, 2.75) is 20.8 Å². The first-order valence-electron chi connectivity index (χ1n) is 7.58. The van der Waals surface area contributed by atoms with Crippen molar-refractivity contribution in [3.05, 3.63) is 58.5 Å². The molecule has 1 heterocycles. The van der Waals surface area contributed by atoms with Crippen LogP contribution >= 0.6 is 11.6 Å². The number of rotatable bonds is 6. The van der Waals surface area contributed by atoms with Crippen molar-refractivity contribution in [1.82, 2.24) is 0 Å². The van der Waals surface area contributed by atoms with Gasteiger partial charge in [-0.1, -0.05) is 17.2 Å². The van der Waals surface area contributed by atoms with E-state index in [1.165, 1.54) is 30.5 Å². The number of aryl methyl sites for hydroxylation is 1. The van der Waals surface area contributed by atoms with Gasteiger partial charge in [-0.15, -0.1) is 0 Å². The number of amides is 1. The Hall–Kier alpha value is -2.29. The molecular formula is C17H19ClN2O5S. The highest BCUT2D eigenvalue weighted by molar-refractivity contribution is 7.91. The van der Waals surface area contributed by atoms with E-state index in [4.69, 9.17) is 25.9 Å². The van der Waals surface area contributed by atoms with Crippen LogP contribution < -0.4 is 14.2 Å². The van der Waals surface area contributed by atoms with Crippen molar-refractivity contribution in [3.8, 4) is 5.75 Å². The molecule has 0 unspecified atom stereocenters. The minimum Gasteiger partial charge on any atom is -0.488 e. The summed E-state index contributed by atoms with van der Waals surface area (Å²) < 4.78 is 35.2. The van der Waals surface area contributed by atoms with Crippen molar-refractivity contribution in [3.63, 3.8) is 0 Å². The molecule has 1 aromatic heterocycles. The summed E-state index contributed by atoms with van der Waals surface area (Å²) >= 11 is 6.09. The third-order valence-electron chi connectivity index (χ3n) is 3.41. The van der Waals surface area contributed by atoms with Crippen molar-refractivity contribution in [2.75, 3.05) is 10.9 Å². The fourth-order valence-corrected chi connectivity index (χ4v) is 3.03. The molecule has 7 nitrogen and oxygen atoms in total. The molecule has 1 aromatic carbocycles. The summed E-state index contributed by atoms with van der Waals surface area (Å²) in [5.41, 5.74) is 1.14. The van der Waals surface area contributed by atoms with Gasteiger partial charge in [-0.05, 0) is 45.0 Å². The predicted octanol–water partition coefficient (Wildman–Crippen LogP) is 3.44. The largest absolute Gasteiger partial charge is 0.488 e. The van der Waals surface area contributed by atoms with Gasteiger partial charge in [-0.3, -0.25) is 4.79 Å². The summed E-state index contributed by atoms with van der Waals surface area (Å²) in [6, 6.07) is 5.52. The molecule has 0 bridgehead atoms. The van der Waals surface area contributed by atoms with E-state index in [0.29, 0.717) is 4.31 Å². The van der Waals surface area contributed by atoms with Gasteiger partial charge in [0.2, 0.25) is 0 Å². The van der Waals surface area contributed by atoms with Crippen molar-refractivity contribution in [2.24, 2.45) is 5.14 Å². The monoisotopic (exact) mass is 398 g/mol. The normalized spacial score (nSPS) is 11.1. The first-order valence-corrected chi connectivity index (χ1v) is 9.46. The molecular weight excluding hydrogens is 380 g/mol. The van der Waals surface area contributed by atoms with E-state index in [2.05, 4.69) is 0 Å². The third-order valence-corrected chi connectivity index (χ3v) is 4.61. The number of halogens is 1. The molecule has 2 aromatic rings. The highest BCUT2D eigenvalue weighted by Gasteiger charge is 2.30. The zero-order chi connectivity index (χ0) is 19.5. The first kappa shape index (κ1) is 20.0. The second-order valence-electron chi connectivity index (χ2n) is 5.71. The summed E-state index contributed by atoms with van der Waals surface area (Å²) in [6.07, 6.45) is 3.13. The van der Waals surface area contributed by atoms with Crippen LogP contribution in [0.4, 0.5) is 5.69 Å². The van der Waals surface area contributed by atoms with E-state index in [0.717, 1.165) is 5.57 Å². The summed E-state index contributed by atoms with van der Waals surface area (Å²) in [7, 11) is -4.39. The van der Waals surface area contributed by atoms with Crippen molar-refractivity contribution in [1.29, 1.82) is 0 Å². The number of nitrogens with zero attached hydrogens (tertiary/aromatic N) is 1. The molecule has 0 aliphatic heterocycles. The van der Waals surface area contributed by atoms with Gasteiger partial charge < -0.3 is 9.15 Å². The average molecular weight is 399 g/mol. The van der Waals surface area contributed by atoms with E-state index in [-0.39, 0.29) is 34.4 Å². The molecule has 26 heavy (non-hydrogen) atoms. The average Bonchev–Trinajstić information content (AvgIpc) is 2.94. The van der Waals surface area contributed by atoms with Crippen LogP contribution in [0.15, 0.2) is 46.6 Å². The maximum atomic E-state index is 12.7. The van der Waals surface area contributed by atoms with Gasteiger partial charge in [0.15, 0.2) is 0 Å². The molecule has 0 saturated carbocycles. The Morgan fingerprint density at radius 1 is 1.35 bits per heavy atom. The predicted molar refractivity (Wildman–Crippen MR) is 99.7 cm³/mol. The quantitative estimate of drug-likeness (QED) is 0.751. The van der Waals surface area contributed by atoms with E-state index >= 15 is 0 Å². The lowest BCUT2D eigenvalue weighted by Crippen LogP contribution is -2.41. The van der Waals surface area contributed by atoms with Gasteiger partial charge in [0, 0.05) is 6.07 Å². The van der Waals surface area contributed by atoms with Crippen LogP contribution in [0.3, 0.4) is 0 Å². The number of allylic oxidation sites excluding steroid dienone is 1. The minimum absolute atomic E-state index is 0.00898. The number of hydrogen-bond acceptors (Lipinski definition) is 5. The Balaban J connectivity index is 2.45. The third kappa shape index (κ3) is 4.66. The summed E-state index contributed by atoms with van der Waals surface area (Å²) in [5.74, 6) is -0.332. The molecule has 0 radical (unpaired) electrons. The maximum absolute atomic E-state index is 12.7. The minimum atomic E-state index is -4.39. The maximum Gasteiger partial charge on any atom is 0.305 e. The number of carbonyl (C=O) groups is 1. The lowest BCUT2D eigenvalue weighted by molar-refractivity contribution is 0.100. The molecule has 0 aliphatic rings. The van der Waals surface area contributed by atoms with Gasteiger partial charge in [0.05, 0.1) is 22.5 Å². The van der Waals surface area contributed by atoms with Crippen LogP contribution in [0, 0.1) is 6.92 Å². The molecule has 0 fully saturated rings. The first-order chi connectivity index (χ1) is 12.1. The molecule has 9 heteroatoms. The second-order valence-corrected chi connectivity index (χ2v) is 7.51. The second kappa shape index (κ2) is 7.94. The van der Waals surface area contributed by atoms with Gasteiger partial charge in [-0.25, -0.2) is 5.14 Å². The number of carbonyl (C=O) groups excluding carboxylic acids is 1. The van der Waals surface area contributed by atoms with Crippen LogP contribution in [0.25, 0.3) is 0 Å². The van der Waals surface area contributed by atoms with E-state index in [1.54, 1.807) is 6.92 Å². The highest BCUT2D eigenvalue weighted by atomic mass is 35.5. The number of nitrogens with two attached hydrogens (primary N) is 1. The van der Waals surface area contributed by atoms with Crippen LogP contribution in [0.5, 0.6) is 5.75 Å². The fraction of sp³-hybridized carbons (Fsp3) is 0.235. The Morgan fingerprint density at radius 2 is 2.04 bits per heavy atom. The highest BCUT2D eigenvalue weighted by Crippen LogP contribution is 2.31. The Labute approximate surface area is 157 Å². The van der Waals surface area contributed by atoms with Gasteiger partial charge in [0.25, 0.3) is 5.91 Å². The topological polar surface area (TPSA) is 103 Å². The lowest BCUT2D eigenvalue weighted by Gasteiger charge is -2.20. The SMILES string of the molecule is CC(C)=CCOc1cc(N(C(=O)c2ccoc2C)S(N)(=O)=O)ccc1Cl. The Bertz CT molecular complexity index is 946. The standard InChI is InChI=1S/C17H19ClN2O5S/c1-11(2)6-8-25-16-10-13(4-5-15(16)18)20(26(19,22)23)17(21)14-7-9-24-12(14)3/h4-7,9-10H,8H2,1-3H3,(H2,19,22,23). The van der Waals surface area contributed by atoms with Crippen molar-refractivity contribution >= 4 is 33.4 Å². The summed E-state index contributed by atoms with van der Waals surface area (Å²) in [5, 5.41) is 5.54. The molecule has 2 N–H and O–H groups in total. The Kier molecular flexibility index (Phi) is 6.12. The number of furan rings is 1. The van der Waals surface area contributed by atoms with Crippen LogP contribution in [0.1, 0.15) is 30.0 Å². The molecule has 140 valence electrons. The molecule has 0 aliphatic carbocycles. The van der Waals surface area contributed by atoms with Gasteiger partial charge in [0.1, 0.15) is 18.1 Å². The molecule has 1 amide bonds. The zero-order valence-corrected chi connectivity index (χ0v) is 16.1. The van der Waals surface area contributed by atoms with Gasteiger partial charge in [-0.2, -0.15) is 12.7 Å². The van der Waals surface area contributed by atoms with Gasteiger partial charge >= 0.3 is 10.2 Å². The zero-order valence-electron chi connectivity index (χ0n) is 14.5. The number of anilines is 1. The van der Waals surface area contributed by atoms with E-state index in [1.807, 2.05) is 19.9 Å². The molecule has 0 atom stereocenters. The number of hydrogen-bond donors (Lipinski definition) is 1. The van der Waals surface area contributed by atoms with Crippen LogP contribution in [0.2, 0.25) is 5.02 Å². The molecule has 0 spiro atoms. The smallest absolute Gasteiger partial charge is 0.305 e. The molecule has 2 rings (SSSR count). The molecule has 0 saturated heterocycles. The Morgan fingerprint density at radius 3 is 2.58 bits per heavy atom. The van der Waals surface area contributed by atoms with E-state index < -0.39 is 16.1 Å². The fourth-order valence-electron chi connectivity index (χ4n) is 2.12. The van der Waals surface area contributed by atoms with Crippen LogP contribution in [-0.4, -0.2) is 20.9 Å². The number of ether oxygens (including phenoxy) is 1. The van der Waals surface area contributed by atoms with E-state index in [9.17, 15) is 13.2 Å². The van der Waals surface area contributed by atoms with Crippen molar-refractivity contribution < 1.29 is 22.4 Å².